The van der Waals surface area contributed by atoms with Gasteiger partial charge in [0.1, 0.15) is 0 Å². The molecule has 5 heteroatoms. The van der Waals surface area contributed by atoms with Gasteiger partial charge in [-0.2, -0.15) is 4.99 Å². The van der Waals surface area contributed by atoms with Gasteiger partial charge in [0.15, 0.2) is 5.96 Å². The van der Waals surface area contributed by atoms with Crippen molar-refractivity contribution < 1.29 is 4.79 Å². The predicted octanol–water partition coefficient (Wildman–Crippen LogP) is 2.45. The van der Waals surface area contributed by atoms with Crippen molar-refractivity contribution in [3.63, 3.8) is 0 Å². The van der Waals surface area contributed by atoms with E-state index in [0.29, 0.717) is 11.5 Å². The van der Waals surface area contributed by atoms with E-state index in [1.165, 1.54) is 16.7 Å². The SMILES string of the molecule is CN(C)Cc1ccccc1C1=CCCC2C=CC(C(=O)N=C(N)N)=CC12. The van der Waals surface area contributed by atoms with Crippen LogP contribution in [0.15, 0.2) is 59.1 Å². The van der Waals surface area contributed by atoms with Gasteiger partial charge in [-0.25, -0.2) is 0 Å². The number of nitrogens with two attached hydrogens (primary N) is 2. The van der Waals surface area contributed by atoms with E-state index >= 15 is 0 Å². The molecule has 0 saturated heterocycles. The van der Waals surface area contributed by atoms with Crippen LogP contribution in [0.4, 0.5) is 0 Å². The number of hydrogen-bond donors (Lipinski definition) is 2. The molecule has 2 aliphatic carbocycles. The van der Waals surface area contributed by atoms with Crippen LogP contribution in [0.2, 0.25) is 0 Å². The van der Waals surface area contributed by atoms with Gasteiger partial charge in [-0.1, -0.05) is 48.6 Å². The second-order valence-corrected chi connectivity index (χ2v) is 7.14. The highest BCUT2D eigenvalue weighted by Crippen LogP contribution is 2.42. The van der Waals surface area contributed by atoms with E-state index in [1.54, 1.807) is 0 Å². The van der Waals surface area contributed by atoms with Crippen LogP contribution in [0.25, 0.3) is 5.57 Å². The van der Waals surface area contributed by atoms with E-state index in [0.717, 1.165) is 19.4 Å². The third-order valence-electron chi connectivity index (χ3n) is 4.86. The zero-order chi connectivity index (χ0) is 18.7. The topological polar surface area (TPSA) is 84.7 Å². The maximum atomic E-state index is 12.2. The first-order valence-electron chi connectivity index (χ1n) is 8.92. The molecule has 0 radical (unpaired) electrons. The minimum atomic E-state index is -0.383. The van der Waals surface area contributed by atoms with E-state index in [9.17, 15) is 4.79 Å². The van der Waals surface area contributed by atoms with Gasteiger partial charge < -0.3 is 16.4 Å². The number of allylic oxidation sites excluding steroid dienone is 4. The van der Waals surface area contributed by atoms with Crippen molar-refractivity contribution in [2.45, 2.75) is 19.4 Å². The molecule has 0 heterocycles. The highest BCUT2D eigenvalue weighted by atomic mass is 16.1. The van der Waals surface area contributed by atoms with Crippen LogP contribution in [0.3, 0.4) is 0 Å². The van der Waals surface area contributed by atoms with E-state index in [2.05, 4.69) is 60.4 Å². The lowest BCUT2D eigenvalue weighted by Crippen LogP contribution is -2.25. The quantitative estimate of drug-likeness (QED) is 0.645. The molecule has 0 spiro atoms. The first kappa shape index (κ1) is 18.1. The first-order chi connectivity index (χ1) is 12.5. The molecule has 2 unspecified atom stereocenters. The standard InChI is InChI=1S/C21H26N4O/c1-25(2)13-16-6-3-4-8-17(16)18-9-5-7-14-10-11-15(12-19(14)18)20(26)24-21(22)23/h3-4,6,8-12,14,19H,5,7,13H2,1-2H3,(H4,22,23,24,26). The maximum absolute atomic E-state index is 12.2. The Morgan fingerprint density at radius 2 is 2.04 bits per heavy atom. The van der Waals surface area contributed by atoms with Crippen LogP contribution < -0.4 is 11.5 Å². The molecule has 1 aromatic carbocycles. The van der Waals surface area contributed by atoms with Gasteiger partial charge in [0.05, 0.1) is 0 Å². The van der Waals surface area contributed by atoms with Crippen molar-refractivity contribution in [2.75, 3.05) is 14.1 Å². The molecule has 0 fully saturated rings. The smallest absolute Gasteiger partial charge is 0.279 e. The Bertz CT molecular complexity index is 813. The first-order valence-corrected chi connectivity index (χ1v) is 8.92. The number of benzene rings is 1. The number of aliphatic imine (C=N–C) groups is 1. The van der Waals surface area contributed by atoms with Gasteiger partial charge >= 0.3 is 0 Å². The summed E-state index contributed by atoms with van der Waals surface area (Å²) in [5.74, 6) is -0.0169. The van der Waals surface area contributed by atoms with Crippen LogP contribution in [0, 0.1) is 11.8 Å². The second-order valence-electron chi connectivity index (χ2n) is 7.14. The zero-order valence-corrected chi connectivity index (χ0v) is 15.4. The van der Waals surface area contributed by atoms with E-state index in [4.69, 9.17) is 11.5 Å². The Hall–Kier alpha value is -2.66. The highest BCUT2D eigenvalue weighted by molar-refractivity contribution is 6.03. The minimum Gasteiger partial charge on any atom is -0.370 e. The molecule has 2 aliphatic rings. The summed E-state index contributed by atoms with van der Waals surface area (Å²) in [7, 11) is 4.15. The summed E-state index contributed by atoms with van der Waals surface area (Å²) in [6.07, 6.45) is 10.4. The van der Waals surface area contributed by atoms with Gasteiger partial charge in [-0.3, -0.25) is 4.79 Å². The van der Waals surface area contributed by atoms with E-state index in [1.807, 2.05) is 12.2 Å². The monoisotopic (exact) mass is 350 g/mol. The highest BCUT2D eigenvalue weighted by Gasteiger charge is 2.30. The Labute approximate surface area is 154 Å². The number of rotatable bonds is 4. The molecule has 1 aromatic rings. The Morgan fingerprint density at radius 3 is 2.77 bits per heavy atom. The molecule has 3 rings (SSSR count). The summed E-state index contributed by atoms with van der Waals surface area (Å²) in [4.78, 5) is 18.1. The summed E-state index contributed by atoms with van der Waals surface area (Å²) < 4.78 is 0. The van der Waals surface area contributed by atoms with Gasteiger partial charge in [-0.15, -0.1) is 0 Å². The maximum Gasteiger partial charge on any atom is 0.279 e. The third kappa shape index (κ3) is 3.94. The van der Waals surface area contributed by atoms with Crippen molar-refractivity contribution >= 4 is 17.4 Å². The van der Waals surface area contributed by atoms with Crippen LogP contribution >= 0.6 is 0 Å². The number of carbonyl (C=O) groups excluding carboxylic acids is 1. The average Bonchev–Trinajstić information content (AvgIpc) is 2.60. The zero-order valence-electron chi connectivity index (χ0n) is 15.4. The number of nitrogens with zero attached hydrogens (tertiary/aromatic N) is 2. The molecule has 5 nitrogen and oxygen atoms in total. The number of guanidine groups is 1. The third-order valence-corrected chi connectivity index (χ3v) is 4.86. The lowest BCUT2D eigenvalue weighted by molar-refractivity contribution is -0.114. The van der Waals surface area contributed by atoms with Crippen LogP contribution in [0.1, 0.15) is 24.0 Å². The summed E-state index contributed by atoms with van der Waals surface area (Å²) in [6.45, 7) is 0.879. The lowest BCUT2D eigenvalue weighted by atomic mass is 9.72. The molecule has 1 amide bonds. The predicted molar refractivity (Wildman–Crippen MR) is 106 cm³/mol. The fourth-order valence-corrected chi connectivity index (χ4v) is 3.78. The van der Waals surface area contributed by atoms with Gasteiger partial charge in [-0.05, 0) is 49.6 Å². The number of hydrogen-bond acceptors (Lipinski definition) is 2. The molecule has 0 saturated carbocycles. The number of carbonyl (C=O) groups is 1. The molecule has 2 atom stereocenters. The van der Waals surface area contributed by atoms with Crippen LogP contribution in [0.5, 0.6) is 0 Å². The Kier molecular flexibility index (Phi) is 5.38. The summed E-state index contributed by atoms with van der Waals surface area (Å²) in [5, 5.41) is 0. The molecule has 0 aromatic heterocycles. The van der Waals surface area contributed by atoms with Crippen molar-refractivity contribution in [1.29, 1.82) is 0 Å². The molecule has 0 aliphatic heterocycles. The average molecular weight is 350 g/mol. The van der Waals surface area contributed by atoms with Crippen molar-refractivity contribution in [3.8, 4) is 0 Å². The van der Waals surface area contributed by atoms with Crippen molar-refractivity contribution in [2.24, 2.45) is 28.3 Å². The Morgan fingerprint density at radius 1 is 1.27 bits per heavy atom. The second kappa shape index (κ2) is 7.70. The fraction of sp³-hybridized carbons (Fsp3) is 0.333. The van der Waals surface area contributed by atoms with Crippen LogP contribution in [-0.4, -0.2) is 30.9 Å². The normalized spacial score (nSPS) is 21.7. The Balaban J connectivity index is 1.98. The van der Waals surface area contributed by atoms with Gasteiger partial charge in [0.2, 0.25) is 0 Å². The number of amides is 1. The molecule has 26 heavy (non-hydrogen) atoms. The number of fused-ring (bicyclic) bond motifs is 1. The van der Waals surface area contributed by atoms with Crippen LogP contribution in [-0.2, 0) is 11.3 Å². The molecule has 136 valence electrons. The largest absolute Gasteiger partial charge is 0.370 e. The molecule has 4 N–H and O–H groups in total. The van der Waals surface area contributed by atoms with Crippen molar-refractivity contribution in [1.82, 2.24) is 4.90 Å². The van der Waals surface area contributed by atoms with Gasteiger partial charge in [0.25, 0.3) is 5.91 Å². The summed E-state index contributed by atoms with van der Waals surface area (Å²) in [6, 6.07) is 8.50. The molecule has 0 bridgehead atoms. The van der Waals surface area contributed by atoms with Gasteiger partial charge in [0, 0.05) is 18.0 Å². The van der Waals surface area contributed by atoms with E-state index in [-0.39, 0.29) is 17.8 Å². The molecular weight excluding hydrogens is 324 g/mol. The lowest BCUT2D eigenvalue weighted by Gasteiger charge is -2.32. The fourth-order valence-electron chi connectivity index (χ4n) is 3.78. The summed E-state index contributed by atoms with van der Waals surface area (Å²) in [5.41, 5.74) is 15.1. The van der Waals surface area contributed by atoms with E-state index < -0.39 is 0 Å². The summed E-state index contributed by atoms with van der Waals surface area (Å²) >= 11 is 0. The molecular formula is C21H26N4O. The van der Waals surface area contributed by atoms with Crippen molar-refractivity contribution in [3.05, 3.63) is 65.3 Å². The minimum absolute atomic E-state index is 0.171.